The Hall–Kier alpha value is -1.95. The van der Waals surface area contributed by atoms with Crippen LogP contribution in [-0.4, -0.2) is 29.0 Å². The average Bonchev–Trinajstić information content (AvgIpc) is 2.58. The molecule has 1 amide bonds. The molecule has 0 bridgehead atoms. The zero-order chi connectivity index (χ0) is 17.1. The summed E-state index contributed by atoms with van der Waals surface area (Å²) in [5, 5.41) is 2.88. The Labute approximate surface area is 150 Å². The van der Waals surface area contributed by atoms with E-state index in [1.807, 2.05) is 25.1 Å². The molecular formula is C18H21BrN4O. The molecule has 1 unspecified atom stereocenters. The van der Waals surface area contributed by atoms with Crippen molar-refractivity contribution in [3.05, 3.63) is 46.2 Å². The van der Waals surface area contributed by atoms with Crippen molar-refractivity contribution >= 4 is 33.5 Å². The summed E-state index contributed by atoms with van der Waals surface area (Å²) in [6.45, 7) is 6.18. The molecule has 3 rings (SSSR count). The van der Waals surface area contributed by atoms with E-state index < -0.39 is 0 Å². The monoisotopic (exact) mass is 388 g/mol. The number of halogens is 1. The highest BCUT2D eigenvalue weighted by Gasteiger charge is 2.19. The van der Waals surface area contributed by atoms with Gasteiger partial charge in [0.05, 0.1) is 5.56 Å². The molecule has 2 heterocycles. The Bertz CT molecular complexity index is 732. The highest BCUT2D eigenvalue weighted by atomic mass is 79.9. The summed E-state index contributed by atoms with van der Waals surface area (Å²) in [6.07, 6.45) is 5.62. The number of hydrogen-bond acceptors (Lipinski definition) is 4. The summed E-state index contributed by atoms with van der Waals surface area (Å²) >= 11 is 3.45. The van der Waals surface area contributed by atoms with Crippen LogP contribution >= 0.6 is 15.9 Å². The molecule has 0 saturated carbocycles. The molecule has 0 aliphatic carbocycles. The molecule has 1 aliphatic heterocycles. The van der Waals surface area contributed by atoms with E-state index in [-0.39, 0.29) is 5.91 Å². The van der Waals surface area contributed by atoms with Crippen LogP contribution < -0.4 is 10.2 Å². The molecule has 1 fully saturated rings. The number of nitrogens with one attached hydrogen (secondary N) is 1. The molecule has 1 N–H and O–H groups in total. The third kappa shape index (κ3) is 3.93. The van der Waals surface area contributed by atoms with Crippen molar-refractivity contribution in [2.24, 2.45) is 5.92 Å². The maximum Gasteiger partial charge on any atom is 0.258 e. The van der Waals surface area contributed by atoms with Gasteiger partial charge >= 0.3 is 0 Å². The van der Waals surface area contributed by atoms with Crippen molar-refractivity contribution in [3.63, 3.8) is 0 Å². The van der Waals surface area contributed by atoms with Gasteiger partial charge < -0.3 is 10.2 Å². The smallest absolute Gasteiger partial charge is 0.258 e. The van der Waals surface area contributed by atoms with E-state index in [9.17, 15) is 4.79 Å². The third-order valence-electron chi connectivity index (χ3n) is 4.26. The quantitative estimate of drug-likeness (QED) is 0.861. The summed E-state index contributed by atoms with van der Waals surface area (Å²) in [4.78, 5) is 23.3. The Morgan fingerprint density at radius 3 is 2.75 bits per heavy atom. The highest BCUT2D eigenvalue weighted by Crippen LogP contribution is 2.21. The van der Waals surface area contributed by atoms with Gasteiger partial charge in [-0.1, -0.05) is 22.9 Å². The number of rotatable bonds is 3. The fourth-order valence-corrected chi connectivity index (χ4v) is 3.15. The number of benzene rings is 1. The summed E-state index contributed by atoms with van der Waals surface area (Å²) in [7, 11) is 0. The molecule has 24 heavy (non-hydrogen) atoms. The minimum Gasteiger partial charge on any atom is -0.341 e. The van der Waals surface area contributed by atoms with Gasteiger partial charge in [0.2, 0.25) is 5.95 Å². The molecule has 0 spiro atoms. The first-order valence-corrected chi connectivity index (χ1v) is 8.97. The number of nitrogens with zero attached hydrogens (tertiary/aromatic N) is 3. The van der Waals surface area contributed by atoms with Gasteiger partial charge in [0.25, 0.3) is 5.91 Å². The largest absolute Gasteiger partial charge is 0.341 e. The number of carbonyl (C=O) groups is 1. The number of aryl methyl sites for hydroxylation is 1. The van der Waals surface area contributed by atoms with Gasteiger partial charge in [-0.25, -0.2) is 9.97 Å². The molecule has 126 valence electrons. The number of anilines is 2. The van der Waals surface area contributed by atoms with Crippen molar-refractivity contribution < 1.29 is 4.79 Å². The molecule has 1 aromatic carbocycles. The van der Waals surface area contributed by atoms with Gasteiger partial charge in [-0.3, -0.25) is 4.79 Å². The fraction of sp³-hybridized carbons (Fsp3) is 0.389. The standard InChI is InChI=1S/C18H21BrN4O/c1-12-4-3-7-23(11-12)18-20-9-14(10-21-18)17(24)22-15-5-6-16(19)13(2)8-15/h5-6,8-10,12H,3-4,7,11H2,1-2H3,(H,22,24). The summed E-state index contributed by atoms with van der Waals surface area (Å²) < 4.78 is 1.02. The summed E-state index contributed by atoms with van der Waals surface area (Å²) in [5.41, 5.74) is 2.29. The first kappa shape index (κ1) is 16.9. The lowest BCUT2D eigenvalue weighted by Gasteiger charge is -2.30. The predicted molar refractivity (Wildman–Crippen MR) is 99.5 cm³/mol. The summed E-state index contributed by atoms with van der Waals surface area (Å²) in [5.74, 6) is 1.17. The Kier molecular flexibility index (Phi) is 5.14. The lowest BCUT2D eigenvalue weighted by molar-refractivity contribution is 0.102. The minimum absolute atomic E-state index is 0.199. The number of aromatic nitrogens is 2. The molecule has 1 atom stereocenters. The molecule has 6 heteroatoms. The van der Waals surface area contributed by atoms with E-state index in [2.05, 4.69) is 43.0 Å². The van der Waals surface area contributed by atoms with Crippen LogP contribution in [0.25, 0.3) is 0 Å². The second-order valence-corrected chi connectivity index (χ2v) is 7.24. The molecule has 0 radical (unpaired) electrons. The molecular weight excluding hydrogens is 368 g/mol. The Morgan fingerprint density at radius 2 is 2.08 bits per heavy atom. The van der Waals surface area contributed by atoms with Crippen LogP contribution in [-0.2, 0) is 0 Å². The first-order valence-electron chi connectivity index (χ1n) is 8.17. The van der Waals surface area contributed by atoms with Crippen molar-refractivity contribution in [1.82, 2.24) is 9.97 Å². The van der Waals surface area contributed by atoms with Crippen molar-refractivity contribution in [2.45, 2.75) is 26.7 Å². The number of piperidine rings is 1. The lowest BCUT2D eigenvalue weighted by Crippen LogP contribution is -2.35. The zero-order valence-corrected chi connectivity index (χ0v) is 15.5. The first-order chi connectivity index (χ1) is 11.5. The average molecular weight is 389 g/mol. The zero-order valence-electron chi connectivity index (χ0n) is 13.9. The third-order valence-corrected chi connectivity index (χ3v) is 5.15. The van der Waals surface area contributed by atoms with Crippen LogP contribution in [0.3, 0.4) is 0 Å². The lowest BCUT2D eigenvalue weighted by atomic mass is 10.0. The van der Waals surface area contributed by atoms with Crippen molar-refractivity contribution in [1.29, 1.82) is 0 Å². The van der Waals surface area contributed by atoms with E-state index in [1.54, 1.807) is 12.4 Å². The van der Waals surface area contributed by atoms with Gasteiger partial charge in [-0.2, -0.15) is 0 Å². The fourth-order valence-electron chi connectivity index (χ4n) is 2.90. The van der Waals surface area contributed by atoms with E-state index >= 15 is 0 Å². The number of amides is 1. The number of carbonyl (C=O) groups excluding carboxylic acids is 1. The Morgan fingerprint density at radius 1 is 1.33 bits per heavy atom. The van der Waals surface area contributed by atoms with Crippen LogP contribution in [0.15, 0.2) is 35.1 Å². The normalized spacial score (nSPS) is 17.6. The van der Waals surface area contributed by atoms with E-state index in [0.29, 0.717) is 17.4 Å². The van der Waals surface area contributed by atoms with E-state index in [4.69, 9.17) is 0 Å². The van der Waals surface area contributed by atoms with Crippen LogP contribution in [0.1, 0.15) is 35.7 Å². The minimum atomic E-state index is -0.199. The van der Waals surface area contributed by atoms with E-state index in [1.165, 1.54) is 6.42 Å². The van der Waals surface area contributed by atoms with Gasteiger partial charge in [0.15, 0.2) is 0 Å². The van der Waals surface area contributed by atoms with Crippen LogP contribution in [0, 0.1) is 12.8 Å². The molecule has 1 aliphatic rings. The summed E-state index contributed by atoms with van der Waals surface area (Å²) in [6, 6.07) is 5.70. The van der Waals surface area contributed by atoms with Crippen molar-refractivity contribution in [2.75, 3.05) is 23.3 Å². The SMILES string of the molecule is Cc1cc(NC(=O)c2cnc(N3CCCC(C)C3)nc2)ccc1Br. The highest BCUT2D eigenvalue weighted by molar-refractivity contribution is 9.10. The van der Waals surface area contributed by atoms with E-state index in [0.717, 1.165) is 35.2 Å². The maximum atomic E-state index is 12.3. The molecule has 2 aromatic rings. The van der Waals surface area contributed by atoms with Crippen LogP contribution in [0.4, 0.5) is 11.6 Å². The van der Waals surface area contributed by atoms with Crippen LogP contribution in [0.5, 0.6) is 0 Å². The van der Waals surface area contributed by atoms with Gasteiger partial charge in [-0.05, 0) is 49.4 Å². The molecule has 1 aromatic heterocycles. The second-order valence-electron chi connectivity index (χ2n) is 6.38. The molecule has 5 nitrogen and oxygen atoms in total. The van der Waals surface area contributed by atoms with Crippen molar-refractivity contribution in [3.8, 4) is 0 Å². The van der Waals surface area contributed by atoms with Gasteiger partial charge in [-0.15, -0.1) is 0 Å². The van der Waals surface area contributed by atoms with Gasteiger partial charge in [0, 0.05) is 35.6 Å². The van der Waals surface area contributed by atoms with Gasteiger partial charge in [0.1, 0.15) is 0 Å². The molecule has 1 saturated heterocycles. The second kappa shape index (κ2) is 7.30. The number of hydrogen-bond donors (Lipinski definition) is 1. The maximum absolute atomic E-state index is 12.3. The predicted octanol–water partition coefficient (Wildman–Crippen LogP) is 4.04. The Balaban J connectivity index is 1.68. The topological polar surface area (TPSA) is 58.1 Å². The van der Waals surface area contributed by atoms with Crippen LogP contribution in [0.2, 0.25) is 0 Å².